The van der Waals surface area contributed by atoms with E-state index in [-0.39, 0.29) is 17.6 Å². The van der Waals surface area contributed by atoms with E-state index in [4.69, 9.17) is 0 Å². The standard InChI is InChI=1S/C24H28N2O2S/c1-5-7-18-9-11-19(12-10-18)24(21-8-6-13-29-21)25-14-20(28)23-15(2)22(17(4)27)16(3)26-23/h6,8-13,24-26H,5,7,14H2,1-4H3/p+1/t24-/m1/s1. The van der Waals surface area contributed by atoms with Crippen molar-refractivity contribution in [3.05, 3.63) is 80.3 Å². The number of aromatic nitrogens is 1. The number of carbonyl (C=O) groups is 2. The first-order chi connectivity index (χ1) is 13.9. The number of aryl methyl sites for hydroxylation is 2. The molecule has 0 aliphatic rings. The fourth-order valence-corrected chi connectivity index (χ4v) is 4.80. The van der Waals surface area contributed by atoms with Crippen molar-refractivity contribution in [2.75, 3.05) is 6.54 Å². The molecule has 2 aromatic heterocycles. The first-order valence-electron chi connectivity index (χ1n) is 10.1. The van der Waals surface area contributed by atoms with Crippen LogP contribution in [0, 0.1) is 13.8 Å². The number of quaternary nitrogens is 1. The van der Waals surface area contributed by atoms with Crippen LogP contribution in [0.3, 0.4) is 0 Å². The third-order valence-corrected chi connectivity index (χ3v) is 6.29. The minimum atomic E-state index is -0.0112. The van der Waals surface area contributed by atoms with Gasteiger partial charge in [-0.05, 0) is 49.8 Å². The molecule has 0 spiro atoms. The van der Waals surface area contributed by atoms with E-state index in [1.807, 2.05) is 19.9 Å². The fourth-order valence-electron chi connectivity index (χ4n) is 3.95. The van der Waals surface area contributed by atoms with Gasteiger partial charge in [-0.2, -0.15) is 0 Å². The van der Waals surface area contributed by atoms with Crippen molar-refractivity contribution < 1.29 is 14.9 Å². The number of hydrogen-bond donors (Lipinski definition) is 2. The minimum absolute atomic E-state index is 0.0112. The number of nitrogens with two attached hydrogens (primary N) is 1. The second-order valence-corrected chi connectivity index (χ2v) is 8.51. The summed E-state index contributed by atoms with van der Waals surface area (Å²) in [6.45, 7) is 7.73. The van der Waals surface area contributed by atoms with Crippen LogP contribution in [-0.4, -0.2) is 23.1 Å². The number of H-pyrrole nitrogens is 1. The SMILES string of the molecule is CCCc1ccc([C@@H]([NH2+]CC(=O)c2[nH]c(C)c(C(C)=O)c2C)c2cccs2)cc1. The molecule has 0 radical (unpaired) electrons. The van der Waals surface area contributed by atoms with Gasteiger partial charge in [-0.1, -0.05) is 43.7 Å². The number of benzene rings is 1. The molecular weight excluding hydrogens is 380 g/mol. The highest BCUT2D eigenvalue weighted by molar-refractivity contribution is 7.10. The second-order valence-electron chi connectivity index (χ2n) is 7.53. The smallest absolute Gasteiger partial charge is 0.233 e. The molecule has 3 aromatic rings. The van der Waals surface area contributed by atoms with Crippen LogP contribution in [0.1, 0.15) is 74.4 Å². The Hall–Kier alpha value is -2.50. The van der Waals surface area contributed by atoms with Crippen molar-refractivity contribution in [2.45, 2.75) is 46.6 Å². The quantitative estimate of drug-likeness (QED) is 0.515. The number of thiophene rings is 1. The average molecular weight is 410 g/mol. The first-order valence-corrected chi connectivity index (χ1v) is 11.0. The topological polar surface area (TPSA) is 66.5 Å². The third kappa shape index (κ3) is 4.74. The molecule has 1 aromatic carbocycles. The van der Waals surface area contributed by atoms with E-state index in [0.29, 0.717) is 17.8 Å². The summed E-state index contributed by atoms with van der Waals surface area (Å²) < 4.78 is 0. The zero-order chi connectivity index (χ0) is 21.0. The average Bonchev–Trinajstić information content (AvgIpc) is 3.31. The maximum Gasteiger partial charge on any atom is 0.233 e. The van der Waals surface area contributed by atoms with Gasteiger partial charge in [0, 0.05) is 16.8 Å². The Kier molecular flexibility index (Phi) is 6.83. The van der Waals surface area contributed by atoms with Gasteiger partial charge in [0.1, 0.15) is 12.6 Å². The third-order valence-electron chi connectivity index (χ3n) is 5.33. The number of aromatic amines is 1. The lowest BCUT2D eigenvalue weighted by molar-refractivity contribution is -0.675. The Labute approximate surface area is 176 Å². The summed E-state index contributed by atoms with van der Waals surface area (Å²) in [6.07, 6.45) is 2.21. The van der Waals surface area contributed by atoms with Crippen molar-refractivity contribution in [3.8, 4) is 0 Å². The zero-order valence-electron chi connectivity index (χ0n) is 17.5. The molecule has 152 valence electrons. The molecule has 0 aliphatic carbocycles. The van der Waals surface area contributed by atoms with E-state index in [1.165, 1.54) is 16.0 Å². The van der Waals surface area contributed by atoms with E-state index >= 15 is 0 Å². The number of ketones is 2. The molecule has 2 heterocycles. The number of Topliss-reactive ketones (excluding diaryl/α,β-unsaturated/α-hetero) is 2. The van der Waals surface area contributed by atoms with Gasteiger partial charge in [-0.25, -0.2) is 0 Å². The summed E-state index contributed by atoms with van der Waals surface area (Å²) in [6, 6.07) is 13.0. The van der Waals surface area contributed by atoms with Gasteiger partial charge in [0.15, 0.2) is 5.78 Å². The van der Waals surface area contributed by atoms with E-state index < -0.39 is 0 Å². The summed E-state index contributed by atoms with van der Waals surface area (Å²) in [5.41, 5.74) is 5.24. The molecule has 0 unspecified atom stereocenters. The van der Waals surface area contributed by atoms with E-state index in [2.05, 4.69) is 52.9 Å². The lowest BCUT2D eigenvalue weighted by Crippen LogP contribution is -2.87. The minimum Gasteiger partial charge on any atom is -0.355 e. The van der Waals surface area contributed by atoms with Crippen LogP contribution < -0.4 is 5.32 Å². The maximum atomic E-state index is 12.9. The molecule has 4 nitrogen and oxygen atoms in total. The van der Waals surface area contributed by atoms with Gasteiger partial charge in [0.2, 0.25) is 5.78 Å². The lowest BCUT2D eigenvalue weighted by atomic mass is 10.0. The van der Waals surface area contributed by atoms with E-state index in [1.54, 1.807) is 18.3 Å². The van der Waals surface area contributed by atoms with Crippen LogP contribution in [0.25, 0.3) is 0 Å². The predicted octanol–water partition coefficient (Wildman–Crippen LogP) is 4.38. The van der Waals surface area contributed by atoms with Crippen LogP contribution >= 0.6 is 11.3 Å². The predicted molar refractivity (Wildman–Crippen MR) is 118 cm³/mol. The zero-order valence-corrected chi connectivity index (χ0v) is 18.4. The maximum absolute atomic E-state index is 12.9. The molecule has 3 rings (SSSR count). The van der Waals surface area contributed by atoms with Crippen molar-refractivity contribution in [3.63, 3.8) is 0 Å². The van der Waals surface area contributed by atoms with Gasteiger partial charge >= 0.3 is 0 Å². The van der Waals surface area contributed by atoms with E-state index in [9.17, 15) is 9.59 Å². The van der Waals surface area contributed by atoms with Crippen LogP contribution in [-0.2, 0) is 6.42 Å². The molecule has 5 heteroatoms. The van der Waals surface area contributed by atoms with Crippen LogP contribution in [0.5, 0.6) is 0 Å². The molecule has 0 aliphatic heterocycles. The molecule has 0 saturated heterocycles. The van der Waals surface area contributed by atoms with Crippen molar-refractivity contribution >= 4 is 22.9 Å². The molecule has 1 atom stereocenters. The second kappa shape index (κ2) is 9.33. The number of nitrogens with one attached hydrogen (secondary N) is 1. The highest BCUT2D eigenvalue weighted by atomic mass is 32.1. The Morgan fingerprint density at radius 3 is 2.41 bits per heavy atom. The highest BCUT2D eigenvalue weighted by Gasteiger charge is 2.24. The summed E-state index contributed by atoms with van der Waals surface area (Å²) in [5.74, 6) is 0.00479. The van der Waals surface area contributed by atoms with Crippen LogP contribution in [0.4, 0.5) is 0 Å². The number of hydrogen-bond acceptors (Lipinski definition) is 3. The molecule has 0 fully saturated rings. The fraction of sp³-hybridized carbons (Fsp3) is 0.333. The molecule has 0 bridgehead atoms. The lowest BCUT2D eigenvalue weighted by Gasteiger charge is -2.15. The van der Waals surface area contributed by atoms with Crippen LogP contribution in [0.15, 0.2) is 41.8 Å². The highest BCUT2D eigenvalue weighted by Crippen LogP contribution is 2.24. The van der Waals surface area contributed by atoms with Crippen LogP contribution in [0.2, 0.25) is 0 Å². The monoisotopic (exact) mass is 409 g/mol. The van der Waals surface area contributed by atoms with Gasteiger partial charge in [0.05, 0.1) is 10.6 Å². The van der Waals surface area contributed by atoms with Crippen molar-refractivity contribution in [1.82, 2.24) is 4.98 Å². The molecule has 3 N–H and O–H groups in total. The molecular formula is C24H29N2O2S+. The largest absolute Gasteiger partial charge is 0.355 e. The molecule has 0 saturated carbocycles. The summed E-state index contributed by atoms with van der Waals surface area (Å²) in [5, 5.41) is 4.16. The summed E-state index contributed by atoms with van der Waals surface area (Å²) >= 11 is 1.71. The Balaban J connectivity index is 1.80. The Morgan fingerprint density at radius 1 is 1.14 bits per heavy atom. The molecule has 29 heavy (non-hydrogen) atoms. The van der Waals surface area contributed by atoms with Gasteiger partial charge < -0.3 is 10.3 Å². The van der Waals surface area contributed by atoms with Crippen molar-refractivity contribution in [2.24, 2.45) is 0 Å². The summed E-state index contributed by atoms with van der Waals surface area (Å²) in [7, 11) is 0. The van der Waals surface area contributed by atoms with Gasteiger partial charge in [-0.3, -0.25) is 9.59 Å². The number of carbonyl (C=O) groups excluding carboxylic acids is 2. The Bertz CT molecular complexity index is 985. The number of rotatable bonds is 9. The normalized spacial score (nSPS) is 12.1. The first kappa shape index (κ1) is 21.2. The van der Waals surface area contributed by atoms with E-state index in [0.717, 1.165) is 24.1 Å². The van der Waals surface area contributed by atoms with Crippen molar-refractivity contribution in [1.29, 1.82) is 0 Å². The molecule has 0 amide bonds. The summed E-state index contributed by atoms with van der Waals surface area (Å²) in [4.78, 5) is 29.1. The van der Waals surface area contributed by atoms with Gasteiger partial charge in [0.25, 0.3) is 0 Å². The van der Waals surface area contributed by atoms with Gasteiger partial charge in [-0.15, -0.1) is 11.3 Å². The Morgan fingerprint density at radius 2 is 1.86 bits per heavy atom.